The van der Waals surface area contributed by atoms with Crippen LogP contribution in [0.5, 0.6) is 0 Å². The second-order valence-corrected chi connectivity index (χ2v) is 7.75. The van der Waals surface area contributed by atoms with E-state index in [0.717, 1.165) is 0 Å². The number of hydrogen-bond donors (Lipinski definition) is 2. The largest absolute Gasteiger partial charge is 0.384 e. The lowest BCUT2D eigenvalue weighted by Gasteiger charge is -2.09. The maximum Gasteiger partial charge on any atom is 0.269 e. The zero-order valence-corrected chi connectivity index (χ0v) is 15.2. The van der Waals surface area contributed by atoms with E-state index in [1.165, 1.54) is 18.2 Å². The van der Waals surface area contributed by atoms with E-state index in [0.29, 0.717) is 27.8 Å². The van der Waals surface area contributed by atoms with Crippen molar-refractivity contribution in [2.75, 3.05) is 18.4 Å². The van der Waals surface area contributed by atoms with Crippen LogP contribution in [-0.2, 0) is 15.8 Å². The normalized spacial score (nSPS) is 11.3. The summed E-state index contributed by atoms with van der Waals surface area (Å²) in [5.74, 6) is -0.207. The van der Waals surface area contributed by atoms with Gasteiger partial charge in [0.2, 0.25) is 10.0 Å². The number of benzene rings is 2. The summed E-state index contributed by atoms with van der Waals surface area (Å²) in [5, 5.41) is 14.2. The van der Waals surface area contributed by atoms with Crippen molar-refractivity contribution in [3.8, 4) is 0 Å². The van der Waals surface area contributed by atoms with Gasteiger partial charge in [-0.05, 0) is 29.8 Å². The van der Waals surface area contributed by atoms with Crippen molar-refractivity contribution in [3.05, 3.63) is 68.2 Å². The molecule has 2 N–H and O–H groups in total. The van der Waals surface area contributed by atoms with Gasteiger partial charge in [-0.15, -0.1) is 0 Å². The Kier molecular flexibility index (Phi) is 6.60. The Morgan fingerprint density at radius 1 is 1.00 bits per heavy atom. The molecule has 25 heavy (non-hydrogen) atoms. The molecule has 2 aromatic carbocycles. The Labute approximate surface area is 155 Å². The highest BCUT2D eigenvalue weighted by atomic mass is 35.5. The van der Waals surface area contributed by atoms with Gasteiger partial charge in [0.15, 0.2) is 0 Å². The van der Waals surface area contributed by atoms with E-state index < -0.39 is 14.9 Å². The number of sulfonamides is 1. The first kappa shape index (κ1) is 19.5. The summed E-state index contributed by atoms with van der Waals surface area (Å²) in [6, 6.07) is 10.5. The number of rotatable bonds is 8. The molecule has 0 amide bonds. The molecule has 0 atom stereocenters. The average Bonchev–Trinajstić information content (AvgIpc) is 2.55. The fraction of sp³-hybridized carbons (Fsp3) is 0.200. The lowest BCUT2D eigenvalue weighted by Crippen LogP contribution is -2.30. The van der Waals surface area contributed by atoms with Gasteiger partial charge in [-0.2, -0.15) is 0 Å². The van der Waals surface area contributed by atoms with Gasteiger partial charge in [0.1, 0.15) is 0 Å². The van der Waals surface area contributed by atoms with Crippen LogP contribution in [0.3, 0.4) is 0 Å². The van der Waals surface area contributed by atoms with Crippen LogP contribution in [0.4, 0.5) is 11.4 Å². The summed E-state index contributed by atoms with van der Waals surface area (Å²) in [4.78, 5) is 10.1. The first-order valence-corrected chi connectivity index (χ1v) is 9.57. The molecule has 0 aliphatic heterocycles. The van der Waals surface area contributed by atoms with E-state index in [-0.39, 0.29) is 18.0 Å². The number of non-ortho nitro benzene ring substituents is 1. The predicted octanol–water partition coefficient (Wildman–Crippen LogP) is 3.43. The van der Waals surface area contributed by atoms with Crippen LogP contribution >= 0.6 is 23.2 Å². The minimum absolute atomic E-state index is 0.00659. The fourth-order valence-corrected chi connectivity index (χ4v) is 3.47. The molecule has 0 radical (unpaired) electrons. The molecule has 7 nitrogen and oxygen atoms in total. The van der Waals surface area contributed by atoms with E-state index in [4.69, 9.17) is 23.2 Å². The second-order valence-electron chi connectivity index (χ2n) is 5.13. The van der Waals surface area contributed by atoms with Crippen LogP contribution in [0.25, 0.3) is 0 Å². The maximum absolute atomic E-state index is 12.0. The van der Waals surface area contributed by atoms with Crippen molar-refractivity contribution >= 4 is 44.6 Å². The molecule has 0 aromatic heterocycles. The molecule has 0 saturated heterocycles. The van der Waals surface area contributed by atoms with Gasteiger partial charge < -0.3 is 5.32 Å². The minimum atomic E-state index is -3.52. The van der Waals surface area contributed by atoms with Crippen molar-refractivity contribution in [1.29, 1.82) is 0 Å². The summed E-state index contributed by atoms with van der Waals surface area (Å²) in [5.41, 5.74) is 1.19. The highest BCUT2D eigenvalue weighted by Gasteiger charge is 2.12. The lowest BCUT2D eigenvalue weighted by molar-refractivity contribution is -0.384. The van der Waals surface area contributed by atoms with Gasteiger partial charge in [0.25, 0.3) is 5.69 Å². The molecule has 10 heteroatoms. The molecule has 0 aliphatic carbocycles. The Morgan fingerprint density at radius 3 is 2.28 bits per heavy atom. The molecule has 0 heterocycles. The van der Waals surface area contributed by atoms with Crippen molar-refractivity contribution in [2.45, 2.75) is 5.75 Å². The van der Waals surface area contributed by atoms with Gasteiger partial charge >= 0.3 is 0 Å². The molecule has 0 unspecified atom stereocenters. The summed E-state index contributed by atoms with van der Waals surface area (Å²) in [6.45, 7) is 0.499. The summed E-state index contributed by atoms with van der Waals surface area (Å²) < 4.78 is 26.5. The molecular formula is C15H15Cl2N3O4S. The standard InChI is InChI=1S/C15H15Cl2N3O4S/c16-14-6-1-11(9-15(14)17)10-25(23,24)19-8-7-18-12-2-4-13(5-3-12)20(21)22/h1-6,9,18-19H,7-8,10H2. The Hall–Kier alpha value is -1.87. The zero-order valence-electron chi connectivity index (χ0n) is 12.9. The van der Waals surface area contributed by atoms with E-state index >= 15 is 0 Å². The van der Waals surface area contributed by atoms with Crippen LogP contribution < -0.4 is 10.0 Å². The zero-order chi connectivity index (χ0) is 18.4. The fourth-order valence-electron chi connectivity index (χ4n) is 2.01. The van der Waals surface area contributed by atoms with E-state index in [9.17, 15) is 18.5 Å². The predicted molar refractivity (Wildman–Crippen MR) is 98.7 cm³/mol. The SMILES string of the molecule is O=[N+]([O-])c1ccc(NCCNS(=O)(=O)Cc2ccc(Cl)c(Cl)c2)cc1. The van der Waals surface area contributed by atoms with Gasteiger partial charge in [0.05, 0.1) is 20.7 Å². The van der Waals surface area contributed by atoms with Crippen molar-refractivity contribution in [1.82, 2.24) is 4.72 Å². The molecule has 0 spiro atoms. The highest BCUT2D eigenvalue weighted by Crippen LogP contribution is 2.23. The van der Waals surface area contributed by atoms with Gasteiger partial charge in [0, 0.05) is 30.9 Å². The highest BCUT2D eigenvalue weighted by molar-refractivity contribution is 7.88. The van der Waals surface area contributed by atoms with Crippen LogP contribution in [0.1, 0.15) is 5.56 Å². The number of anilines is 1. The Morgan fingerprint density at radius 2 is 1.68 bits per heavy atom. The number of nitrogens with one attached hydrogen (secondary N) is 2. The number of nitro groups is 1. The van der Waals surface area contributed by atoms with Crippen LogP contribution in [-0.4, -0.2) is 26.4 Å². The molecule has 134 valence electrons. The molecule has 0 aliphatic rings. The number of nitrogens with zero attached hydrogens (tertiary/aromatic N) is 1. The third kappa shape index (κ3) is 6.17. The first-order chi connectivity index (χ1) is 11.8. The van der Waals surface area contributed by atoms with Crippen LogP contribution in [0, 0.1) is 10.1 Å². The Bertz CT molecular complexity index is 858. The molecule has 2 rings (SSSR count). The Balaban J connectivity index is 1.81. The number of halogens is 2. The second kappa shape index (κ2) is 8.48. The van der Waals surface area contributed by atoms with Crippen LogP contribution in [0.2, 0.25) is 10.0 Å². The monoisotopic (exact) mass is 403 g/mol. The molecule has 0 saturated carbocycles. The molecule has 0 fully saturated rings. The number of nitro benzene ring substituents is 1. The van der Waals surface area contributed by atoms with Gasteiger partial charge in [-0.3, -0.25) is 10.1 Å². The average molecular weight is 404 g/mol. The summed E-state index contributed by atoms with van der Waals surface area (Å²) >= 11 is 11.7. The number of hydrogen-bond acceptors (Lipinski definition) is 5. The summed E-state index contributed by atoms with van der Waals surface area (Å²) in [6.07, 6.45) is 0. The third-order valence-corrected chi connectivity index (χ3v) is 5.29. The third-order valence-electron chi connectivity index (χ3n) is 3.19. The molecule has 2 aromatic rings. The minimum Gasteiger partial charge on any atom is -0.384 e. The van der Waals surface area contributed by atoms with E-state index in [2.05, 4.69) is 10.0 Å². The van der Waals surface area contributed by atoms with E-state index in [1.807, 2.05) is 0 Å². The van der Waals surface area contributed by atoms with Crippen molar-refractivity contribution < 1.29 is 13.3 Å². The van der Waals surface area contributed by atoms with Gasteiger partial charge in [-0.1, -0.05) is 29.3 Å². The van der Waals surface area contributed by atoms with Crippen molar-refractivity contribution in [3.63, 3.8) is 0 Å². The lowest BCUT2D eigenvalue weighted by atomic mass is 10.2. The molecule has 0 bridgehead atoms. The van der Waals surface area contributed by atoms with Gasteiger partial charge in [-0.25, -0.2) is 13.1 Å². The van der Waals surface area contributed by atoms with E-state index in [1.54, 1.807) is 24.3 Å². The van der Waals surface area contributed by atoms with Crippen molar-refractivity contribution in [2.24, 2.45) is 0 Å². The smallest absolute Gasteiger partial charge is 0.269 e. The summed E-state index contributed by atoms with van der Waals surface area (Å²) in [7, 11) is -3.52. The first-order valence-electron chi connectivity index (χ1n) is 7.16. The topological polar surface area (TPSA) is 101 Å². The maximum atomic E-state index is 12.0. The van der Waals surface area contributed by atoms with Crippen LogP contribution in [0.15, 0.2) is 42.5 Å². The molecular weight excluding hydrogens is 389 g/mol. The quantitative estimate of drug-likeness (QED) is 0.399.